The van der Waals surface area contributed by atoms with E-state index >= 15 is 0 Å². The average molecular weight is 148 g/mol. The number of rotatable bonds is 0. The van der Waals surface area contributed by atoms with E-state index in [2.05, 4.69) is 9.97 Å². The monoisotopic (exact) mass is 148 g/mol. The van der Waals surface area contributed by atoms with Gasteiger partial charge in [-0.15, -0.1) is 0 Å². The van der Waals surface area contributed by atoms with Gasteiger partial charge in [-0.3, -0.25) is 0 Å². The summed E-state index contributed by atoms with van der Waals surface area (Å²) >= 11 is 0. The maximum atomic E-state index is 9.20. The summed E-state index contributed by atoms with van der Waals surface area (Å²) < 4.78 is 0. The molecule has 11 heavy (non-hydrogen) atoms. The molecule has 2 aromatic heterocycles. The number of H-pyrrole nitrogens is 1. The van der Waals surface area contributed by atoms with E-state index in [4.69, 9.17) is 0 Å². The summed E-state index contributed by atoms with van der Waals surface area (Å²) in [6.07, 6.45) is 1.80. The third kappa shape index (κ3) is 0.852. The summed E-state index contributed by atoms with van der Waals surface area (Å²) in [4.78, 5) is 6.85. The molecule has 0 aliphatic rings. The molecule has 56 valence electrons. The molecule has 0 saturated carbocycles. The molecule has 0 aliphatic heterocycles. The second-order valence-electron chi connectivity index (χ2n) is 2.54. The van der Waals surface area contributed by atoms with Crippen LogP contribution in [0.1, 0.15) is 5.56 Å². The van der Waals surface area contributed by atoms with Gasteiger partial charge in [0.25, 0.3) is 0 Å². The lowest BCUT2D eigenvalue weighted by Crippen LogP contribution is -1.80. The first-order valence-corrected chi connectivity index (χ1v) is 3.41. The number of aromatic amines is 1. The van der Waals surface area contributed by atoms with Crippen molar-refractivity contribution < 1.29 is 5.11 Å². The molecule has 2 N–H and O–H groups in total. The van der Waals surface area contributed by atoms with Gasteiger partial charge in [-0.2, -0.15) is 4.98 Å². The van der Waals surface area contributed by atoms with Gasteiger partial charge in [-0.25, -0.2) is 0 Å². The Morgan fingerprint density at radius 1 is 1.55 bits per heavy atom. The van der Waals surface area contributed by atoms with Crippen LogP contribution >= 0.6 is 0 Å². The Balaban J connectivity index is 2.86. The smallest absolute Gasteiger partial charge is 0.215 e. The Hall–Kier alpha value is -1.51. The Bertz CT molecular complexity index is 356. The van der Waals surface area contributed by atoms with E-state index < -0.39 is 0 Å². The lowest BCUT2D eigenvalue weighted by Gasteiger charge is -1.95. The number of aromatic nitrogens is 2. The van der Waals surface area contributed by atoms with Gasteiger partial charge in [0.15, 0.2) is 0 Å². The highest BCUT2D eigenvalue weighted by atomic mass is 16.3. The van der Waals surface area contributed by atoms with E-state index in [0.29, 0.717) is 0 Å². The lowest BCUT2D eigenvalue weighted by atomic mass is 10.2. The van der Waals surface area contributed by atoms with Crippen molar-refractivity contribution in [2.45, 2.75) is 6.92 Å². The number of nitrogens with one attached hydrogen (secondary N) is 1. The van der Waals surface area contributed by atoms with E-state index in [1.54, 1.807) is 6.20 Å². The molecule has 3 heteroatoms. The SMILES string of the molecule is Cc1cc2cc[nH]c2nc1O. The van der Waals surface area contributed by atoms with Gasteiger partial charge in [-0.05, 0) is 19.1 Å². The molecule has 0 saturated heterocycles. The van der Waals surface area contributed by atoms with Crippen molar-refractivity contribution in [2.24, 2.45) is 0 Å². The van der Waals surface area contributed by atoms with Gasteiger partial charge in [0.05, 0.1) is 0 Å². The van der Waals surface area contributed by atoms with Gasteiger partial charge in [0.1, 0.15) is 5.65 Å². The van der Waals surface area contributed by atoms with Crippen LogP contribution in [0.25, 0.3) is 11.0 Å². The van der Waals surface area contributed by atoms with Crippen molar-refractivity contribution in [3.63, 3.8) is 0 Å². The van der Waals surface area contributed by atoms with Crippen molar-refractivity contribution in [1.29, 1.82) is 0 Å². The molecule has 0 aliphatic carbocycles. The molecule has 0 aromatic carbocycles. The maximum absolute atomic E-state index is 9.20. The fourth-order valence-electron chi connectivity index (χ4n) is 1.08. The highest BCUT2D eigenvalue weighted by Gasteiger charge is 2.00. The highest BCUT2D eigenvalue weighted by molar-refractivity contribution is 5.76. The average Bonchev–Trinajstić information content (AvgIpc) is 2.36. The first kappa shape index (κ1) is 6.22. The lowest BCUT2D eigenvalue weighted by molar-refractivity contribution is 0.451. The molecule has 3 nitrogen and oxygen atoms in total. The largest absolute Gasteiger partial charge is 0.493 e. The van der Waals surface area contributed by atoms with Crippen LogP contribution in [0.3, 0.4) is 0 Å². The van der Waals surface area contributed by atoms with Crippen molar-refractivity contribution >= 4 is 11.0 Å². The van der Waals surface area contributed by atoms with Crippen LogP contribution in [0.2, 0.25) is 0 Å². The van der Waals surface area contributed by atoms with Crippen molar-refractivity contribution in [3.05, 3.63) is 23.9 Å². The molecule has 0 unspecified atom stereocenters. The molecule has 0 amide bonds. The van der Waals surface area contributed by atoms with Gasteiger partial charge in [0, 0.05) is 17.1 Å². The zero-order valence-electron chi connectivity index (χ0n) is 6.13. The summed E-state index contributed by atoms with van der Waals surface area (Å²) in [7, 11) is 0. The van der Waals surface area contributed by atoms with E-state index in [1.807, 2.05) is 19.1 Å². The normalized spacial score (nSPS) is 10.6. The molecule has 2 rings (SSSR count). The Labute approximate surface area is 63.7 Å². The second-order valence-corrected chi connectivity index (χ2v) is 2.54. The topological polar surface area (TPSA) is 48.9 Å². The molecule has 0 radical (unpaired) electrons. The van der Waals surface area contributed by atoms with E-state index in [9.17, 15) is 5.11 Å². The molecule has 2 heterocycles. The van der Waals surface area contributed by atoms with E-state index in [-0.39, 0.29) is 5.88 Å². The second kappa shape index (κ2) is 1.99. The first-order valence-electron chi connectivity index (χ1n) is 3.41. The Morgan fingerprint density at radius 2 is 2.36 bits per heavy atom. The Kier molecular flexibility index (Phi) is 1.12. The predicted molar refractivity (Wildman–Crippen MR) is 42.5 cm³/mol. The van der Waals surface area contributed by atoms with Crippen molar-refractivity contribution in [3.8, 4) is 5.88 Å². The zero-order chi connectivity index (χ0) is 7.84. The molecule has 0 spiro atoms. The van der Waals surface area contributed by atoms with Gasteiger partial charge < -0.3 is 10.1 Å². The minimum Gasteiger partial charge on any atom is -0.493 e. The summed E-state index contributed by atoms with van der Waals surface area (Å²) in [6, 6.07) is 3.82. The third-order valence-corrected chi connectivity index (χ3v) is 1.70. The Morgan fingerprint density at radius 3 is 3.18 bits per heavy atom. The number of hydrogen-bond acceptors (Lipinski definition) is 2. The number of nitrogens with zero attached hydrogens (tertiary/aromatic N) is 1. The molecular weight excluding hydrogens is 140 g/mol. The van der Waals surface area contributed by atoms with Gasteiger partial charge in [-0.1, -0.05) is 0 Å². The number of aromatic hydroxyl groups is 1. The quantitative estimate of drug-likeness (QED) is 0.595. The number of aryl methyl sites for hydroxylation is 1. The van der Waals surface area contributed by atoms with E-state index in [0.717, 1.165) is 16.6 Å². The van der Waals surface area contributed by atoms with Crippen LogP contribution in [-0.4, -0.2) is 15.1 Å². The fraction of sp³-hybridized carbons (Fsp3) is 0.125. The number of fused-ring (bicyclic) bond motifs is 1. The number of hydrogen-bond donors (Lipinski definition) is 2. The molecule has 0 bridgehead atoms. The molecule has 2 aromatic rings. The summed E-state index contributed by atoms with van der Waals surface area (Å²) in [6.45, 7) is 1.83. The van der Waals surface area contributed by atoms with Crippen LogP contribution in [0.4, 0.5) is 0 Å². The summed E-state index contributed by atoms with van der Waals surface area (Å²) in [5, 5.41) is 10.2. The minimum absolute atomic E-state index is 0.0972. The first-order chi connectivity index (χ1) is 5.27. The van der Waals surface area contributed by atoms with Crippen LogP contribution in [0, 0.1) is 6.92 Å². The van der Waals surface area contributed by atoms with Gasteiger partial charge >= 0.3 is 0 Å². The van der Waals surface area contributed by atoms with Gasteiger partial charge in [0.2, 0.25) is 5.88 Å². The number of pyridine rings is 1. The zero-order valence-corrected chi connectivity index (χ0v) is 6.13. The summed E-state index contributed by atoms with van der Waals surface area (Å²) in [5.74, 6) is 0.0972. The summed E-state index contributed by atoms with van der Waals surface area (Å²) in [5.41, 5.74) is 1.53. The standard InChI is InChI=1S/C8H8N2O/c1-5-4-6-2-3-9-7(6)10-8(5)11/h2-4H,1H3,(H2,9,10,11). The van der Waals surface area contributed by atoms with Crippen LogP contribution < -0.4 is 0 Å². The van der Waals surface area contributed by atoms with Crippen LogP contribution in [0.5, 0.6) is 5.88 Å². The molecule has 0 fully saturated rings. The fourth-order valence-corrected chi connectivity index (χ4v) is 1.08. The van der Waals surface area contributed by atoms with Crippen LogP contribution in [-0.2, 0) is 0 Å². The van der Waals surface area contributed by atoms with E-state index in [1.165, 1.54) is 0 Å². The molecular formula is C8H8N2O. The van der Waals surface area contributed by atoms with Crippen molar-refractivity contribution in [1.82, 2.24) is 9.97 Å². The molecule has 0 atom stereocenters. The van der Waals surface area contributed by atoms with Crippen LogP contribution in [0.15, 0.2) is 18.3 Å². The minimum atomic E-state index is 0.0972. The highest BCUT2D eigenvalue weighted by Crippen LogP contribution is 2.18. The predicted octanol–water partition coefficient (Wildman–Crippen LogP) is 1.58. The third-order valence-electron chi connectivity index (χ3n) is 1.70. The van der Waals surface area contributed by atoms with Crippen molar-refractivity contribution in [2.75, 3.05) is 0 Å². The maximum Gasteiger partial charge on any atom is 0.215 e.